The van der Waals surface area contributed by atoms with Crippen LogP contribution in [-0.4, -0.2) is 47.8 Å². The summed E-state index contributed by atoms with van der Waals surface area (Å²) in [7, 11) is 0. The van der Waals surface area contributed by atoms with Crippen LogP contribution in [-0.2, 0) is 4.79 Å². The van der Waals surface area contributed by atoms with Crippen LogP contribution >= 0.6 is 15.9 Å². The monoisotopic (exact) mass is 350 g/mol. The highest BCUT2D eigenvalue weighted by Gasteiger charge is 2.25. The molecule has 1 aromatic carbocycles. The summed E-state index contributed by atoms with van der Waals surface area (Å²) in [6, 6.07) is 7.39. The Balaban J connectivity index is 1.78. The molecule has 0 atom stereocenters. The van der Waals surface area contributed by atoms with Gasteiger partial charge in [-0.2, -0.15) is 0 Å². The van der Waals surface area contributed by atoms with Crippen LogP contribution in [0.15, 0.2) is 33.2 Å². The molecule has 21 heavy (non-hydrogen) atoms. The van der Waals surface area contributed by atoms with Crippen LogP contribution in [0.25, 0.3) is 11.0 Å². The Morgan fingerprint density at radius 1 is 1.14 bits per heavy atom. The van der Waals surface area contributed by atoms with Gasteiger partial charge in [-0.15, -0.1) is 0 Å². The van der Waals surface area contributed by atoms with Crippen molar-refractivity contribution in [3.63, 3.8) is 0 Å². The summed E-state index contributed by atoms with van der Waals surface area (Å²) in [4.78, 5) is 27.2. The predicted octanol–water partition coefficient (Wildman–Crippen LogP) is 2.50. The van der Waals surface area contributed by atoms with E-state index < -0.39 is 0 Å². The lowest BCUT2D eigenvalue weighted by atomic mass is 10.2. The van der Waals surface area contributed by atoms with Crippen molar-refractivity contribution < 1.29 is 14.0 Å². The molecule has 2 amide bonds. The van der Waals surface area contributed by atoms with Crippen molar-refractivity contribution in [2.24, 2.45) is 0 Å². The van der Waals surface area contributed by atoms with Crippen LogP contribution in [0.2, 0.25) is 0 Å². The summed E-state index contributed by atoms with van der Waals surface area (Å²) in [5, 5.41) is 0.892. The summed E-state index contributed by atoms with van der Waals surface area (Å²) in [6.07, 6.45) is 0. The Labute approximate surface area is 130 Å². The van der Waals surface area contributed by atoms with Crippen molar-refractivity contribution in [1.29, 1.82) is 0 Å². The van der Waals surface area contributed by atoms with Crippen molar-refractivity contribution in [1.82, 2.24) is 9.80 Å². The third-order valence-electron chi connectivity index (χ3n) is 3.73. The molecule has 0 unspecified atom stereocenters. The molecule has 110 valence electrons. The second-order valence-corrected chi connectivity index (χ2v) is 5.91. The average Bonchev–Trinajstić information content (AvgIpc) is 2.92. The third kappa shape index (κ3) is 2.68. The molecule has 2 heterocycles. The fourth-order valence-corrected chi connectivity index (χ4v) is 2.97. The molecule has 5 nitrogen and oxygen atoms in total. The maximum absolute atomic E-state index is 12.5. The molecular formula is C15H15BrN2O3. The summed E-state index contributed by atoms with van der Waals surface area (Å²) in [6.45, 7) is 3.78. The second-order valence-electron chi connectivity index (χ2n) is 5.06. The zero-order chi connectivity index (χ0) is 15.0. The molecule has 1 saturated heterocycles. The minimum atomic E-state index is -0.124. The van der Waals surface area contributed by atoms with Crippen LogP contribution in [0, 0.1) is 0 Å². The molecule has 0 bridgehead atoms. The van der Waals surface area contributed by atoms with E-state index >= 15 is 0 Å². The number of benzene rings is 1. The quantitative estimate of drug-likeness (QED) is 0.793. The van der Waals surface area contributed by atoms with E-state index in [2.05, 4.69) is 15.9 Å². The number of fused-ring (bicyclic) bond motifs is 1. The molecule has 0 radical (unpaired) electrons. The van der Waals surface area contributed by atoms with Crippen LogP contribution in [0.3, 0.4) is 0 Å². The largest absolute Gasteiger partial charge is 0.451 e. The summed E-state index contributed by atoms with van der Waals surface area (Å²) in [5.41, 5.74) is 0.690. The van der Waals surface area contributed by atoms with Gasteiger partial charge in [0.25, 0.3) is 5.91 Å². The number of piperazine rings is 1. The van der Waals surface area contributed by atoms with Crippen LogP contribution < -0.4 is 0 Å². The van der Waals surface area contributed by atoms with Crippen LogP contribution in [0.5, 0.6) is 0 Å². The first-order valence-corrected chi connectivity index (χ1v) is 7.58. The van der Waals surface area contributed by atoms with Crippen molar-refractivity contribution in [2.75, 3.05) is 26.2 Å². The SMILES string of the molecule is CC(=O)N1CCN(C(=O)c2cc3c(Br)cccc3o2)CC1. The second kappa shape index (κ2) is 5.52. The normalized spacial score (nSPS) is 15.5. The summed E-state index contributed by atoms with van der Waals surface area (Å²) in [5.74, 6) is 0.268. The third-order valence-corrected chi connectivity index (χ3v) is 4.42. The first-order chi connectivity index (χ1) is 10.1. The lowest BCUT2D eigenvalue weighted by molar-refractivity contribution is -0.130. The molecule has 0 aliphatic carbocycles. The number of carbonyl (C=O) groups is 2. The van der Waals surface area contributed by atoms with E-state index in [1.807, 2.05) is 18.2 Å². The van der Waals surface area contributed by atoms with Gasteiger partial charge in [-0.3, -0.25) is 9.59 Å². The van der Waals surface area contributed by atoms with Crippen molar-refractivity contribution >= 4 is 38.7 Å². The van der Waals surface area contributed by atoms with Crippen LogP contribution in [0.1, 0.15) is 17.5 Å². The molecule has 0 spiro atoms. The van der Waals surface area contributed by atoms with Gasteiger partial charge in [-0.05, 0) is 18.2 Å². The summed E-state index contributed by atoms with van der Waals surface area (Å²) >= 11 is 3.45. The number of nitrogens with zero attached hydrogens (tertiary/aromatic N) is 2. The first kappa shape index (κ1) is 14.1. The topological polar surface area (TPSA) is 53.8 Å². The number of hydrogen-bond acceptors (Lipinski definition) is 3. The standard InChI is InChI=1S/C15H15BrN2O3/c1-10(19)17-5-7-18(8-6-17)15(20)14-9-11-12(16)3-2-4-13(11)21-14/h2-4,9H,5-8H2,1H3. The minimum absolute atomic E-state index is 0.0507. The maximum Gasteiger partial charge on any atom is 0.289 e. The zero-order valence-corrected chi connectivity index (χ0v) is 13.2. The lowest BCUT2D eigenvalue weighted by Gasteiger charge is -2.33. The molecule has 1 aliphatic rings. The van der Waals surface area contributed by atoms with E-state index in [0.29, 0.717) is 37.5 Å². The molecule has 1 aromatic heterocycles. The van der Waals surface area contributed by atoms with Crippen LogP contribution in [0.4, 0.5) is 0 Å². The highest BCUT2D eigenvalue weighted by atomic mass is 79.9. The smallest absolute Gasteiger partial charge is 0.289 e. The van der Waals surface area contributed by atoms with Crippen molar-refractivity contribution in [3.05, 3.63) is 34.5 Å². The molecule has 0 saturated carbocycles. The Morgan fingerprint density at radius 2 is 1.81 bits per heavy atom. The fourth-order valence-electron chi connectivity index (χ4n) is 2.51. The van der Waals surface area contributed by atoms with E-state index in [1.54, 1.807) is 22.8 Å². The molecule has 6 heteroatoms. The predicted molar refractivity (Wildman–Crippen MR) is 82.1 cm³/mol. The molecule has 2 aromatic rings. The Morgan fingerprint density at radius 3 is 2.43 bits per heavy atom. The van der Waals surface area contributed by atoms with Gasteiger partial charge in [0.1, 0.15) is 5.58 Å². The van der Waals surface area contributed by atoms with E-state index in [0.717, 1.165) is 9.86 Å². The maximum atomic E-state index is 12.5. The number of furan rings is 1. The fraction of sp³-hybridized carbons (Fsp3) is 0.333. The Kier molecular flexibility index (Phi) is 3.71. The van der Waals surface area contributed by atoms with Gasteiger partial charge >= 0.3 is 0 Å². The van der Waals surface area contributed by atoms with E-state index in [9.17, 15) is 9.59 Å². The molecule has 1 fully saturated rings. The number of hydrogen-bond donors (Lipinski definition) is 0. The number of amides is 2. The van der Waals surface area contributed by atoms with Gasteiger partial charge in [0.2, 0.25) is 5.91 Å². The van der Waals surface area contributed by atoms with Gasteiger partial charge in [0, 0.05) is 43.0 Å². The molecule has 3 rings (SSSR count). The van der Waals surface area contributed by atoms with E-state index in [4.69, 9.17) is 4.42 Å². The van der Waals surface area contributed by atoms with Gasteiger partial charge in [-0.25, -0.2) is 0 Å². The van der Waals surface area contributed by atoms with Crippen molar-refractivity contribution in [3.8, 4) is 0 Å². The number of halogens is 1. The first-order valence-electron chi connectivity index (χ1n) is 6.79. The molecular weight excluding hydrogens is 336 g/mol. The molecule has 1 aliphatic heterocycles. The van der Waals surface area contributed by atoms with Gasteiger partial charge < -0.3 is 14.2 Å². The average molecular weight is 351 g/mol. The Bertz CT molecular complexity index is 702. The van der Waals surface area contributed by atoms with Gasteiger partial charge in [-0.1, -0.05) is 22.0 Å². The van der Waals surface area contributed by atoms with E-state index in [-0.39, 0.29) is 11.8 Å². The summed E-state index contributed by atoms with van der Waals surface area (Å²) < 4.78 is 6.54. The highest BCUT2D eigenvalue weighted by Crippen LogP contribution is 2.27. The zero-order valence-electron chi connectivity index (χ0n) is 11.6. The van der Waals surface area contributed by atoms with E-state index in [1.165, 1.54) is 0 Å². The minimum Gasteiger partial charge on any atom is -0.451 e. The van der Waals surface area contributed by atoms with Gasteiger partial charge in [0.05, 0.1) is 0 Å². The molecule has 0 N–H and O–H groups in total. The highest BCUT2D eigenvalue weighted by molar-refractivity contribution is 9.10. The number of rotatable bonds is 1. The Hall–Kier alpha value is -1.82. The van der Waals surface area contributed by atoms with Crippen molar-refractivity contribution in [2.45, 2.75) is 6.92 Å². The van der Waals surface area contributed by atoms with Gasteiger partial charge in [0.15, 0.2) is 5.76 Å². The number of carbonyl (C=O) groups excluding carboxylic acids is 2. The lowest BCUT2D eigenvalue weighted by Crippen LogP contribution is -2.50.